The first-order chi connectivity index (χ1) is 15.5. The van der Waals surface area contributed by atoms with Crippen molar-refractivity contribution in [2.75, 3.05) is 32.7 Å². The summed E-state index contributed by atoms with van der Waals surface area (Å²) in [5.74, 6) is -2.12. The van der Waals surface area contributed by atoms with E-state index in [1.54, 1.807) is 0 Å². The third kappa shape index (κ3) is 5.79. The molecular weight excluding hydrogens is 445 g/mol. The number of rotatable bonds is 6. The molecule has 3 aliphatic rings. The summed E-state index contributed by atoms with van der Waals surface area (Å²) < 4.78 is 39.6. The maximum Gasteiger partial charge on any atom is 0.406 e. The van der Waals surface area contributed by atoms with Crippen molar-refractivity contribution >= 4 is 11.8 Å². The topological polar surface area (TPSA) is 108 Å². The lowest BCUT2D eigenvalue weighted by Crippen LogP contribution is -2.72. The Morgan fingerprint density at radius 1 is 1.15 bits per heavy atom. The molecule has 3 fully saturated rings. The summed E-state index contributed by atoms with van der Waals surface area (Å²) in [5, 5.41) is 29.5. The molecule has 2 amide bonds. The average molecular weight is 479 g/mol. The highest BCUT2D eigenvalue weighted by Crippen LogP contribution is 2.41. The van der Waals surface area contributed by atoms with Crippen molar-refractivity contribution in [3.05, 3.63) is 11.8 Å². The second-order valence-electron chi connectivity index (χ2n) is 9.06. The zero-order valence-corrected chi connectivity index (χ0v) is 18.7. The Balaban J connectivity index is 1.79. The number of carbonyl (C=O) groups excluding carboxylic acids is 2. The van der Waals surface area contributed by atoms with Gasteiger partial charge in [-0.1, -0.05) is 31.4 Å². The van der Waals surface area contributed by atoms with Gasteiger partial charge in [0, 0.05) is 38.3 Å². The Bertz CT molecular complexity index is 740. The number of allylic oxidation sites excluding steroid dienone is 1. The van der Waals surface area contributed by atoms with E-state index >= 15 is 0 Å². The van der Waals surface area contributed by atoms with Gasteiger partial charge in [-0.05, 0) is 31.3 Å². The van der Waals surface area contributed by atoms with Crippen molar-refractivity contribution in [2.45, 2.75) is 69.8 Å². The van der Waals surface area contributed by atoms with Gasteiger partial charge in [-0.25, -0.2) is 0 Å². The molecule has 33 heavy (non-hydrogen) atoms. The highest BCUT2D eigenvalue weighted by Gasteiger charge is 2.55. The quantitative estimate of drug-likeness (QED) is 0.305. The molecule has 2 saturated heterocycles. The van der Waals surface area contributed by atoms with Gasteiger partial charge in [0.05, 0.1) is 0 Å². The van der Waals surface area contributed by atoms with Crippen molar-refractivity contribution < 1.29 is 38.3 Å². The van der Waals surface area contributed by atoms with Crippen LogP contribution in [0.15, 0.2) is 11.8 Å². The number of fused-ring (bicyclic) bond motifs is 1. The van der Waals surface area contributed by atoms with Gasteiger partial charge in [0.25, 0.3) is 5.91 Å². The maximum atomic E-state index is 13.2. The number of likely N-dealkylation sites (tertiary alicyclic amines) is 1. The highest BCUT2D eigenvalue weighted by atomic mass is 19.4. The molecule has 1 aliphatic carbocycles. The van der Waals surface area contributed by atoms with Gasteiger partial charge in [-0.2, -0.15) is 13.2 Å². The van der Waals surface area contributed by atoms with E-state index in [9.17, 15) is 38.3 Å². The summed E-state index contributed by atoms with van der Waals surface area (Å²) in [6.45, 7) is 1.61. The lowest BCUT2D eigenvalue weighted by atomic mass is 9.72. The molecule has 0 aromatic carbocycles. The number of hydrogen-bond donors (Lipinski definition) is 3. The number of unbranched alkanes of at least 4 members (excludes halogenated alkanes) is 1. The molecule has 0 aromatic rings. The van der Waals surface area contributed by atoms with E-state index in [-0.39, 0.29) is 30.0 Å². The maximum absolute atomic E-state index is 13.2. The number of piperidine rings is 1. The number of aliphatic hydroxyl groups excluding tert-OH is 1. The van der Waals surface area contributed by atoms with Gasteiger partial charge in [-0.15, -0.1) is 0 Å². The van der Waals surface area contributed by atoms with Crippen LogP contribution in [-0.2, 0) is 9.59 Å². The Hall–Kier alpha value is -1.89. The molecule has 1 saturated carbocycles. The second kappa shape index (κ2) is 10.6. The number of hydrogen-bond acceptors (Lipinski definition) is 7. The molecule has 2 heterocycles. The number of halogens is 3. The van der Waals surface area contributed by atoms with Gasteiger partial charge in [0.1, 0.15) is 6.54 Å². The Kier molecular flexibility index (Phi) is 8.25. The molecule has 0 aromatic heterocycles. The van der Waals surface area contributed by atoms with Crippen molar-refractivity contribution in [2.24, 2.45) is 5.92 Å². The second-order valence-corrected chi connectivity index (χ2v) is 9.06. The van der Waals surface area contributed by atoms with E-state index in [4.69, 9.17) is 0 Å². The molecule has 3 rings (SSSR count). The van der Waals surface area contributed by atoms with Gasteiger partial charge >= 0.3 is 6.18 Å². The van der Waals surface area contributed by atoms with E-state index < -0.39 is 42.7 Å². The van der Waals surface area contributed by atoms with E-state index in [1.807, 2.05) is 11.8 Å². The van der Waals surface area contributed by atoms with E-state index in [2.05, 4.69) is 0 Å². The van der Waals surface area contributed by atoms with E-state index in [0.29, 0.717) is 38.8 Å². The number of piperazine rings is 1. The lowest BCUT2D eigenvalue weighted by Gasteiger charge is -2.55. The summed E-state index contributed by atoms with van der Waals surface area (Å²) in [6.07, 6.45) is 0.726. The van der Waals surface area contributed by atoms with Crippen LogP contribution in [0.4, 0.5) is 13.2 Å². The molecule has 0 bridgehead atoms. The molecule has 12 heteroatoms. The van der Waals surface area contributed by atoms with Crippen molar-refractivity contribution in [1.29, 1.82) is 0 Å². The van der Waals surface area contributed by atoms with Crippen LogP contribution in [0.25, 0.3) is 0 Å². The lowest BCUT2D eigenvalue weighted by molar-refractivity contribution is -0.341. The monoisotopic (exact) mass is 478 g/mol. The largest absolute Gasteiger partial charge is 0.503 e. The number of aliphatic hydroxyl groups is 1. The van der Waals surface area contributed by atoms with Crippen molar-refractivity contribution in [1.82, 2.24) is 19.9 Å². The first kappa shape index (κ1) is 25.7. The van der Waals surface area contributed by atoms with E-state index in [1.165, 1.54) is 11.0 Å². The van der Waals surface area contributed by atoms with Crippen LogP contribution in [0, 0.1) is 5.92 Å². The molecule has 4 unspecified atom stereocenters. The minimum atomic E-state index is -4.59. The summed E-state index contributed by atoms with van der Waals surface area (Å²) in [7, 11) is 0. The SMILES string of the molecule is CCC/C=C(\O)C(=O)N1CCN(C2C3CCCCC3N(CC(F)(F)F)C(=O)C2N(O)O)CC1. The standard InChI is InChI=1S/C21H33F3N4O5/c1-2-3-8-16(29)19(30)26-11-9-25(10-12-26)17-14-6-4-5-7-15(14)27(13-21(22,23)24)20(31)18(17)28(32)33/h8,14-15,17-18,29,32-33H,2-7,9-13H2,1H3/b16-8-. The Morgan fingerprint density at radius 2 is 1.79 bits per heavy atom. The van der Waals surface area contributed by atoms with Crippen molar-refractivity contribution in [3.63, 3.8) is 0 Å². The van der Waals surface area contributed by atoms with Gasteiger partial charge in [0.15, 0.2) is 11.8 Å². The first-order valence-corrected chi connectivity index (χ1v) is 11.5. The van der Waals surface area contributed by atoms with Gasteiger partial charge in [-0.3, -0.25) is 24.9 Å². The average Bonchev–Trinajstić information content (AvgIpc) is 2.77. The molecule has 9 nitrogen and oxygen atoms in total. The highest BCUT2D eigenvalue weighted by molar-refractivity contribution is 5.91. The van der Waals surface area contributed by atoms with Crippen LogP contribution in [0.3, 0.4) is 0 Å². The number of amides is 2. The predicted molar refractivity (Wildman–Crippen MR) is 110 cm³/mol. The van der Waals surface area contributed by atoms with Crippen LogP contribution < -0.4 is 0 Å². The third-order valence-corrected chi connectivity index (χ3v) is 6.95. The summed E-state index contributed by atoms with van der Waals surface area (Å²) >= 11 is 0. The zero-order chi connectivity index (χ0) is 24.3. The Labute approximate surface area is 190 Å². The van der Waals surface area contributed by atoms with Gasteiger partial charge < -0.3 is 14.9 Å². The smallest absolute Gasteiger partial charge is 0.406 e. The van der Waals surface area contributed by atoms with Crippen LogP contribution in [-0.4, -0.2) is 104 Å². The molecule has 4 atom stereocenters. The molecule has 3 N–H and O–H groups in total. The summed E-state index contributed by atoms with van der Waals surface area (Å²) in [5.41, 5.74) is 0. The summed E-state index contributed by atoms with van der Waals surface area (Å²) in [4.78, 5) is 29.6. The Morgan fingerprint density at radius 3 is 2.36 bits per heavy atom. The van der Waals surface area contributed by atoms with Crippen LogP contribution in [0.1, 0.15) is 45.4 Å². The van der Waals surface area contributed by atoms with Crippen molar-refractivity contribution in [3.8, 4) is 0 Å². The van der Waals surface area contributed by atoms with E-state index in [0.717, 1.165) is 17.7 Å². The fourth-order valence-electron chi connectivity index (χ4n) is 5.49. The van der Waals surface area contributed by atoms with Gasteiger partial charge in [0.2, 0.25) is 5.91 Å². The predicted octanol–water partition coefficient (Wildman–Crippen LogP) is 2.15. The number of hydroxylamine groups is 2. The molecule has 188 valence electrons. The minimum absolute atomic E-state index is 0.251. The van der Waals surface area contributed by atoms with Crippen LogP contribution in [0.5, 0.6) is 0 Å². The summed E-state index contributed by atoms with van der Waals surface area (Å²) in [6, 6.07) is -2.87. The number of alkyl halides is 3. The van der Waals surface area contributed by atoms with Crippen LogP contribution in [0.2, 0.25) is 0 Å². The normalized spacial score (nSPS) is 30.0. The zero-order valence-electron chi connectivity index (χ0n) is 18.7. The molecule has 2 aliphatic heterocycles. The molecule has 0 spiro atoms. The molecule has 0 radical (unpaired) electrons. The fraction of sp³-hybridized carbons (Fsp3) is 0.810. The third-order valence-electron chi connectivity index (χ3n) is 6.95. The first-order valence-electron chi connectivity index (χ1n) is 11.5. The molecular formula is C21H33F3N4O5. The minimum Gasteiger partial charge on any atom is -0.503 e. The fourth-order valence-corrected chi connectivity index (χ4v) is 5.49. The number of carbonyl (C=O) groups is 2. The number of nitrogens with zero attached hydrogens (tertiary/aromatic N) is 4. The van der Waals surface area contributed by atoms with Crippen LogP contribution >= 0.6 is 0 Å².